The van der Waals surface area contributed by atoms with Gasteiger partial charge in [0, 0.05) is 0 Å². The normalized spacial score (nSPS) is 15.6. The second-order valence-electron chi connectivity index (χ2n) is 1.29. The first-order valence-corrected chi connectivity index (χ1v) is 3.18. The highest BCUT2D eigenvalue weighted by molar-refractivity contribution is 7.51. The first kappa shape index (κ1) is 5.68. The van der Waals surface area contributed by atoms with Crippen LogP contribution in [0.1, 0.15) is 0 Å². The minimum absolute atomic E-state index is 0.0417. The summed E-state index contributed by atoms with van der Waals surface area (Å²) in [6.45, 7) is 0. The molecule has 0 atom stereocenters. The standard InChI is InChI=1S/C5H3F2P/c6-8(7)5-3-1-2-4-5/h1-3H. The molecule has 0 aromatic rings. The van der Waals surface area contributed by atoms with Crippen LogP contribution in [0.15, 0.2) is 29.3 Å². The van der Waals surface area contributed by atoms with Crippen LogP contribution in [-0.2, 0) is 0 Å². The topological polar surface area (TPSA) is 0 Å². The van der Waals surface area contributed by atoms with Crippen molar-refractivity contribution in [1.29, 1.82) is 0 Å². The highest BCUT2D eigenvalue weighted by Crippen LogP contribution is 2.48. The Balaban J connectivity index is 2.74. The number of rotatable bonds is 1. The van der Waals surface area contributed by atoms with E-state index in [0.29, 0.717) is 0 Å². The number of hydrogen-bond donors (Lipinski definition) is 0. The van der Waals surface area contributed by atoms with E-state index in [4.69, 9.17) is 0 Å². The van der Waals surface area contributed by atoms with Gasteiger partial charge < -0.3 is 0 Å². The van der Waals surface area contributed by atoms with E-state index in [-0.39, 0.29) is 5.31 Å². The number of allylic oxidation sites excluding steroid dienone is 3. The van der Waals surface area contributed by atoms with Gasteiger partial charge in [0.2, 0.25) is 0 Å². The van der Waals surface area contributed by atoms with Crippen molar-refractivity contribution in [1.82, 2.24) is 0 Å². The fraction of sp³-hybridized carbons (Fsp3) is 0. The molecule has 0 amide bonds. The maximum absolute atomic E-state index is 11.6. The lowest BCUT2D eigenvalue weighted by molar-refractivity contribution is 0.758. The molecule has 0 fully saturated rings. The van der Waals surface area contributed by atoms with Crippen LogP contribution in [0, 0.1) is 0 Å². The van der Waals surface area contributed by atoms with Gasteiger partial charge in [0.05, 0.1) is 5.31 Å². The smallest absolute Gasteiger partial charge is 0.182 e. The highest BCUT2D eigenvalue weighted by atomic mass is 31.2. The maximum Gasteiger partial charge on any atom is 0.305 e. The van der Waals surface area contributed by atoms with Crippen molar-refractivity contribution in [3.63, 3.8) is 0 Å². The van der Waals surface area contributed by atoms with Crippen molar-refractivity contribution in [3.8, 4) is 0 Å². The summed E-state index contributed by atoms with van der Waals surface area (Å²) in [5, 5.41) is 0.0417. The highest BCUT2D eigenvalue weighted by Gasteiger charge is 2.08. The van der Waals surface area contributed by atoms with Gasteiger partial charge in [-0.2, -0.15) is 8.39 Å². The lowest BCUT2D eigenvalue weighted by Crippen LogP contribution is -1.55. The van der Waals surface area contributed by atoms with E-state index in [1.54, 1.807) is 6.08 Å². The molecule has 1 rings (SSSR count). The molecule has 0 aromatic heterocycles. The van der Waals surface area contributed by atoms with Crippen LogP contribution in [-0.4, -0.2) is 0 Å². The zero-order valence-corrected chi connectivity index (χ0v) is 4.83. The van der Waals surface area contributed by atoms with Crippen molar-refractivity contribution in [2.75, 3.05) is 0 Å². The van der Waals surface area contributed by atoms with Crippen LogP contribution < -0.4 is 0 Å². The van der Waals surface area contributed by atoms with Gasteiger partial charge >= 0.3 is 8.54 Å². The molecule has 0 heterocycles. The van der Waals surface area contributed by atoms with E-state index in [0.717, 1.165) is 0 Å². The molecule has 0 N–H and O–H groups in total. The summed E-state index contributed by atoms with van der Waals surface area (Å²) < 4.78 is 23.3. The van der Waals surface area contributed by atoms with Crippen LogP contribution in [0.25, 0.3) is 0 Å². The van der Waals surface area contributed by atoms with Crippen molar-refractivity contribution in [3.05, 3.63) is 29.3 Å². The second-order valence-corrected chi connectivity index (χ2v) is 2.24. The lowest BCUT2D eigenvalue weighted by atomic mass is 10.6. The van der Waals surface area contributed by atoms with E-state index in [1.807, 2.05) is 0 Å². The zero-order valence-electron chi connectivity index (χ0n) is 3.94. The summed E-state index contributed by atoms with van der Waals surface area (Å²) in [6.07, 6.45) is 4.43. The zero-order chi connectivity index (χ0) is 5.98. The summed E-state index contributed by atoms with van der Waals surface area (Å²) in [7, 11) is -2.91. The fourth-order valence-electron chi connectivity index (χ4n) is 0.426. The Bertz CT molecular complexity index is 175. The van der Waals surface area contributed by atoms with Crippen molar-refractivity contribution >= 4 is 8.54 Å². The van der Waals surface area contributed by atoms with Gasteiger partial charge in [-0.1, -0.05) is 6.08 Å². The summed E-state index contributed by atoms with van der Waals surface area (Å²) in [4.78, 5) is 0. The second kappa shape index (κ2) is 2.21. The van der Waals surface area contributed by atoms with Crippen molar-refractivity contribution < 1.29 is 8.39 Å². The van der Waals surface area contributed by atoms with E-state index in [9.17, 15) is 8.39 Å². The molecule has 0 bridgehead atoms. The Morgan fingerprint density at radius 1 is 1.50 bits per heavy atom. The molecule has 1 aliphatic carbocycles. The van der Waals surface area contributed by atoms with Crippen LogP contribution >= 0.6 is 8.54 Å². The van der Waals surface area contributed by atoms with Crippen molar-refractivity contribution in [2.45, 2.75) is 0 Å². The third-order valence-corrected chi connectivity index (χ3v) is 1.41. The van der Waals surface area contributed by atoms with Gasteiger partial charge in [-0.05, 0) is 12.2 Å². The van der Waals surface area contributed by atoms with Gasteiger partial charge in [0.1, 0.15) is 0 Å². The van der Waals surface area contributed by atoms with Gasteiger partial charge in [-0.25, -0.2) is 0 Å². The van der Waals surface area contributed by atoms with E-state index in [1.165, 1.54) is 12.2 Å². The predicted octanol–water partition coefficient (Wildman–Crippen LogP) is 2.85. The summed E-state index contributed by atoms with van der Waals surface area (Å²) in [5.74, 6) is 0. The molecule has 0 nitrogen and oxygen atoms in total. The van der Waals surface area contributed by atoms with Crippen molar-refractivity contribution in [2.24, 2.45) is 0 Å². The Kier molecular flexibility index (Phi) is 1.57. The number of hydrogen-bond acceptors (Lipinski definition) is 0. The molecule has 0 spiro atoms. The molecular formula is C5H3F2P. The number of halogens is 2. The average molecular weight is 132 g/mol. The first-order valence-electron chi connectivity index (χ1n) is 2.06. The molecule has 0 aliphatic heterocycles. The van der Waals surface area contributed by atoms with Gasteiger partial charge in [-0.3, -0.25) is 0 Å². The minimum Gasteiger partial charge on any atom is -0.182 e. The van der Waals surface area contributed by atoms with E-state index in [2.05, 4.69) is 5.73 Å². The van der Waals surface area contributed by atoms with Gasteiger partial charge in [-0.15, -0.1) is 5.73 Å². The summed E-state index contributed by atoms with van der Waals surface area (Å²) in [6, 6.07) is 0. The van der Waals surface area contributed by atoms with Gasteiger partial charge in [0.15, 0.2) is 0 Å². The molecule has 0 saturated carbocycles. The third kappa shape index (κ3) is 1.03. The summed E-state index contributed by atoms with van der Waals surface area (Å²) >= 11 is 0. The SMILES string of the molecule is FP(F)C1=C=CC=C1. The van der Waals surface area contributed by atoms with E-state index >= 15 is 0 Å². The molecule has 0 radical (unpaired) electrons. The monoisotopic (exact) mass is 132 g/mol. The molecule has 0 aromatic carbocycles. The predicted molar refractivity (Wildman–Crippen MR) is 29.9 cm³/mol. The molecule has 8 heavy (non-hydrogen) atoms. The minimum atomic E-state index is -2.91. The Morgan fingerprint density at radius 3 is 2.50 bits per heavy atom. The average Bonchev–Trinajstić information content (AvgIpc) is 2.12. The Morgan fingerprint density at radius 2 is 2.25 bits per heavy atom. The molecule has 0 saturated heterocycles. The van der Waals surface area contributed by atoms with Crippen LogP contribution in [0.5, 0.6) is 0 Å². The van der Waals surface area contributed by atoms with Crippen LogP contribution in [0.3, 0.4) is 0 Å². The fourth-order valence-corrected chi connectivity index (χ4v) is 0.797. The van der Waals surface area contributed by atoms with Crippen LogP contribution in [0.4, 0.5) is 8.39 Å². The quantitative estimate of drug-likeness (QED) is 0.380. The lowest BCUT2D eigenvalue weighted by Gasteiger charge is -1.87. The molecule has 1 aliphatic rings. The molecule has 42 valence electrons. The Hall–Kier alpha value is -0.450. The largest absolute Gasteiger partial charge is 0.305 e. The first-order chi connectivity index (χ1) is 3.80. The third-order valence-electron chi connectivity index (χ3n) is 0.764. The van der Waals surface area contributed by atoms with E-state index < -0.39 is 8.54 Å². The molecule has 3 heteroatoms. The molecular weight excluding hydrogens is 129 g/mol. The maximum atomic E-state index is 11.6. The van der Waals surface area contributed by atoms with Crippen LogP contribution in [0.2, 0.25) is 0 Å². The summed E-state index contributed by atoms with van der Waals surface area (Å²) in [5.41, 5.74) is 2.42. The Labute approximate surface area is 47.2 Å². The molecule has 0 unspecified atom stereocenters. The van der Waals surface area contributed by atoms with Gasteiger partial charge in [0.25, 0.3) is 0 Å².